The van der Waals surface area contributed by atoms with Gasteiger partial charge in [-0.05, 0) is 28.6 Å². The van der Waals surface area contributed by atoms with Gasteiger partial charge in [-0.25, -0.2) is 5.10 Å². The minimum absolute atomic E-state index is 0.314. The highest BCUT2D eigenvalue weighted by molar-refractivity contribution is 5.73. The van der Waals surface area contributed by atoms with Crippen molar-refractivity contribution < 1.29 is 9.15 Å². The Bertz CT molecular complexity index is 1180. The molecule has 1 aliphatic heterocycles. The Balaban J connectivity index is 1.86. The lowest BCUT2D eigenvalue weighted by Gasteiger charge is -2.28. The summed E-state index contributed by atoms with van der Waals surface area (Å²) in [6.07, 6.45) is 1.55. The van der Waals surface area contributed by atoms with Gasteiger partial charge in [0, 0.05) is 11.1 Å². The van der Waals surface area contributed by atoms with Crippen molar-refractivity contribution in [3.8, 4) is 17.2 Å². The molecule has 0 saturated heterocycles. The molecule has 1 atom stereocenters. The zero-order valence-corrected chi connectivity index (χ0v) is 14.1. The summed E-state index contributed by atoms with van der Waals surface area (Å²) >= 11 is 0. The van der Waals surface area contributed by atoms with Crippen molar-refractivity contribution >= 4 is 11.6 Å². The quantitative estimate of drug-likeness (QED) is 0.496. The van der Waals surface area contributed by atoms with Crippen molar-refractivity contribution in [3.63, 3.8) is 0 Å². The summed E-state index contributed by atoms with van der Waals surface area (Å²) < 4.78 is 12.7. The monoisotopic (exact) mass is 363 g/mol. The van der Waals surface area contributed by atoms with Crippen LogP contribution in [0.4, 0.5) is 11.6 Å². The van der Waals surface area contributed by atoms with Gasteiger partial charge in [0.25, 0.3) is 5.56 Å². The highest BCUT2D eigenvalue weighted by atomic mass is 16.5. The SMILES string of the molecule is COc1ccccc1[C@@H]1c2c(-c3ccco3)n[nH]c(=O)c2Nc2nnnn21. The van der Waals surface area contributed by atoms with E-state index >= 15 is 0 Å². The number of aromatic amines is 1. The highest BCUT2D eigenvalue weighted by Gasteiger charge is 2.36. The van der Waals surface area contributed by atoms with E-state index in [1.54, 1.807) is 30.2 Å². The standard InChI is InChI=1S/C17H13N7O3/c1-26-10-6-3-2-5-9(10)15-12-13(11-7-4-8-27-11)19-20-16(25)14(12)18-17-21-22-23-24(15)17/h2-8,15H,1H3,(H,20,25)(H,18,21,23)/t15-/m1/s1. The smallest absolute Gasteiger partial charge is 0.288 e. The first-order chi connectivity index (χ1) is 13.3. The van der Waals surface area contributed by atoms with Crippen molar-refractivity contribution in [2.24, 2.45) is 0 Å². The lowest BCUT2D eigenvalue weighted by atomic mass is 9.93. The number of aromatic nitrogens is 6. The molecule has 2 N–H and O–H groups in total. The first-order valence-corrected chi connectivity index (χ1v) is 8.12. The summed E-state index contributed by atoms with van der Waals surface area (Å²) in [6, 6.07) is 10.5. The summed E-state index contributed by atoms with van der Waals surface area (Å²) in [5, 5.41) is 21.5. The van der Waals surface area contributed by atoms with Crippen LogP contribution in [-0.4, -0.2) is 37.5 Å². The summed E-state index contributed by atoms with van der Waals surface area (Å²) in [5.74, 6) is 1.50. The van der Waals surface area contributed by atoms with E-state index in [0.29, 0.717) is 34.4 Å². The topological polar surface area (TPSA) is 124 Å². The average molecular weight is 363 g/mol. The van der Waals surface area contributed by atoms with Crippen LogP contribution in [0.1, 0.15) is 17.2 Å². The molecular formula is C17H13N7O3. The van der Waals surface area contributed by atoms with Gasteiger partial charge in [0.15, 0.2) is 5.76 Å². The molecule has 0 unspecified atom stereocenters. The third-order valence-electron chi connectivity index (χ3n) is 4.46. The second-order valence-corrected chi connectivity index (χ2v) is 5.88. The lowest BCUT2D eigenvalue weighted by Crippen LogP contribution is -2.29. The minimum Gasteiger partial charge on any atom is -0.496 e. The molecule has 10 nitrogen and oxygen atoms in total. The maximum absolute atomic E-state index is 12.5. The predicted molar refractivity (Wildman–Crippen MR) is 93.9 cm³/mol. The predicted octanol–water partition coefficient (Wildman–Crippen LogP) is 1.72. The minimum atomic E-state index is -0.530. The molecule has 1 aromatic carbocycles. The number of hydrogen-bond donors (Lipinski definition) is 2. The molecule has 0 amide bonds. The van der Waals surface area contributed by atoms with Gasteiger partial charge < -0.3 is 14.5 Å². The zero-order valence-electron chi connectivity index (χ0n) is 14.1. The Morgan fingerprint density at radius 3 is 2.93 bits per heavy atom. The molecule has 4 heterocycles. The fraction of sp³-hybridized carbons (Fsp3) is 0.118. The number of tetrazole rings is 1. The number of hydrogen-bond acceptors (Lipinski definition) is 8. The molecule has 0 radical (unpaired) electrons. The fourth-order valence-corrected chi connectivity index (χ4v) is 3.32. The van der Waals surface area contributed by atoms with E-state index in [4.69, 9.17) is 9.15 Å². The summed E-state index contributed by atoms with van der Waals surface area (Å²) in [5.41, 5.74) is 1.80. The summed E-state index contributed by atoms with van der Waals surface area (Å²) in [6.45, 7) is 0. The lowest BCUT2D eigenvalue weighted by molar-refractivity contribution is 0.402. The van der Waals surface area contributed by atoms with Crippen LogP contribution in [0.25, 0.3) is 11.5 Å². The van der Waals surface area contributed by atoms with E-state index in [-0.39, 0.29) is 5.56 Å². The zero-order chi connectivity index (χ0) is 18.4. The van der Waals surface area contributed by atoms with Crippen LogP contribution in [0.15, 0.2) is 51.9 Å². The Morgan fingerprint density at radius 1 is 1.22 bits per heavy atom. The van der Waals surface area contributed by atoms with Gasteiger partial charge >= 0.3 is 0 Å². The largest absolute Gasteiger partial charge is 0.496 e. The fourth-order valence-electron chi connectivity index (χ4n) is 3.32. The second kappa shape index (κ2) is 5.80. The van der Waals surface area contributed by atoms with Gasteiger partial charge in [-0.15, -0.1) is 0 Å². The van der Waals surface area contributed by atoms with Gasteiger partial charge in [-0.3, -0.25) is 4.79 Å². The molecule has 0 saturated carbocycles. The van der Waals surface area contributed by atoms with Crippen molar-refractivity contribution in [2.45, 2.75) is 6.04 Å². The van der Waals surface area contributed by atoms with Crippen molar-refractivity contribution in [3.05, 3.63) is 64.1 Å². The molecular weight excluding hydrogens is 350 g/mol. The third-order valence-corrected chi connectivity index (χ3v) is 4.46. The highest BCUT2D eigenvalue weighted by Crippen LogP contribution is 2.43. The Labute approximate surface area is 151 Å². The van der Waals surface area contributed by atoms with Crippen LogP contribution in [0.3, 0.4) is 0 Å². The number of H-pyrrole nitrogens is 1. The third kappa shape index (κ3) is 2.23. The molecule has 5 rings (SSSR count). The van der Waals surface area contributed by atoms with Gasteiger partial charge in [0.2, 0.25) is 5.95 Å². The molecule has 134 valence electrons. The van der Waals surface area contributed by atoms with E-state index in [0.717, 1.165) is 5.56 Å². The molecule has 10 heteroatoms. The van der Waals surface area contributed by atoms with E-state index in [9.17, 15) is 4.79 Å². The number of anilines is 2. The van der Waals surface area contributed by atoms with Crippen LogP contribution >= 0.6 is 0 Å². The maximum Gasteiger partial charge on any atom is 0.288 e. The van der Waals surface area contributed by atoms with E-state index in [1.807, 2.05) is 24.3 Å². The number of ether oxygens (including phenoxy) is 1. The number of furan rings is 1. The number of benzene rings is 1. The van der Waals surface area contributed by atoms with Gasteiger partial charge in [0.1, 0.15) is 23.2 Å². The number of nitrogens with one attached hydrogen (secondary N) is 2. The van der Waals surface area contributed by atoms with Gasteiger partial charge in [-0.2, -0.15) is 9.78 Å². The van der Waals surface area contributed by atoms with Crippen LogP contribution in [0.5, 0.6) is 5.75 Å². The van der Waals surface area contributed by atoms with Crippen LogP contribution < -0.4 is 15.6 Å². The summed E-state index contributed by atoms with van der Waals surface area (Å²) in [4.78, 5) is 12.5. The maximum atomic E-state index is 12.5. The van der Waals surface area contributed by atoms with Gasteiger partial charge in [-0.1, -0.05) is 23.3 Å². The van der Waals surface area contributed by atoms with Crippen molar-refractivity contribution in [1.29, 1.82) is 0 Å². The molecule has 0 fully saturated rings. The average Bonchev–Trinajstić information content (AvgIpc) is 3.39. The van der Waals surface area contributed by atoms with Crippen LogP contribution in [-0.2, 0) is 0 Å². The van der Waals surface area contributed by atoms with Crippen LogP contribution in [0, 0.1) is 0 Å². The number of rotatable bonds is 3. The van der Waals surface area contributed by atoms with Crippen molar-refractivity contribution in [2.75, 3.05) is 12.4 Å². The van der Waals surface area contributed by atoms with E-state index in [2.05, 4.69) is 31.0 Å². The Hall–Kier alpha value is -3.95. The molecule has 0 spiro atoms. The normalized spacial score (nSPS) is 14.9. The number of para-hydroxylation sites is 1. The Kier molecular flexibility index (Phi) is 3.29. The van der Waals surface area contributed by atoms with E-state index < -0.39 is 6.04 Å². The molecule has 27 heavy (non-hydrogen) atoms. The molecule has 4 aromatic rings. The first kappa shape index (κ1) is 15.3. The molecule has 0 aliphatic carbocycles. The summed E-state index contributed by atoms with van der Waals surface area (Å²) in [7, 11) is 1.59. The first-order valence-electron chi connectivity index (χ1n) is 8.12. The second-order valence-electron chi connectivity index (χ2n) is 5.88. The number of nitrogens with zero attached hydrogens (tertiary/aromatic N) is 5. The molecule has 0 bridgehead atoms. The van der Waals surface area contributed by atoms with Crippen LogP contribution in [0.2, 0.25) is 0 Å². The van der Waals surface area contributed by atoms with Gasteiger partial charge in [0.05, 0.1) is 13.4 Å². The van der Waals surface area contributed by atoms with E-state index in [1.165, 1.54) is 0 Å². The Morgan fingerprint density at radius 2 is 2.11 bits per heavy atom. The number of fused-ring (bicyclic) bond motifs is 2. The molecule has 1 aliphatic rings. The number of methoxy groups -OCH3 is 1. The van der Waals surface area contributed by atoms with Crippen molar-refractivity contribution in [1.82, 2.24) is 30.4 Å². The molecule has 3 aromatic heterocycles.